The van der Waals surface area contributed by atoms with E-state index in [0.717, 1.165) is 17.0 Å². The molecule has 0 saturated carbocycles. The molecule has 1 N–H and O–H groups in total. The maximum Gasteiger partial charge on any atom is 0.337 e. The fourth-order valence-corrected chi connectivity index (χ4v) is 4.40. The molecule has 2 aliphatic rings. The Bertz CT molecular complexity index is 857. The SMILES string of the molecule is COC(=O)c1ccc([C@@H]2Nc3c(C)cc(Cl)cc3[C@H]3C=CC[C@@H]32)cc1. The summed E-state index contributed by atoms with van der Waals surface area (Å²) in [4.78, 5) is 11.7. The van der Waals surface area contributed by atoms with Gasteiger partial charge in [-0.05, 0) is 60.2 Å². The summed E-state index contributed by atoms with van der Waals surface area (Å²) in [7, 11) is 1.40. The number of anilines is 1. The lowest BCUT2D eigenvalue weighted by molar-refractivity contribution is 0.0600. The first-order chi connectivity index (χ1) is 12.1. The van der Waals surface area contributed by atoms with Crippen LogP contribution in [0.25, 0.3) is 0 Å². The fraction of sp³-hybridized carbons (Fsp3) is 0.286. The van der Waals surface area contributed by atoms with Gasteiger partial charge in [0.2, 0.25) is 0 Å². The first-order valence-corrected chi connectivity index (χ1v) is 8.88. The molecule has 128 valence electrons. The monoisotopic (exact) mass is 353 g/mol. The largest absolute Gasteiger partial charge is 0.465 e. The first-order valence-electron chi connectivity index (χ1n) is 8.50. The molecule has 0 amide bonds. The first kappa shape index (κ1) is 16.2. The average Bonchev–Trinajstić information content (AvgIpc) is 3.11. The van der Waals surface area contributed by atoms with Gasteiger partial charge in [0.1, 0.15) is 0 Å². The average molecular weight is 354 g/mol. The van der Waals surface area contributed by atoms with Gasteiger partial charge in [0.25, 0.3) is 0 Å². The molecule has 2 aromatic carbocycles. The Kier molecular flexibility index (Phi) is 4.04. The zero-order valence-corrected chi connectivity index (χ0v) is 15.0. The molecule has 3 nitrogen and oxygen atoms in total. The molecule has 1 aliphatic carbocycles. The van der Waals surface area contributed by atoms with Crippen molar-refractivity contribution >= 4 is 23.3 Å². The number of hydrogen-bond acceptors (Lipinski definition) is 3. The van der Waals surface area contributed by atoms with Gasteiger partial charge in [-0.2, -0.15) is 0 Å². The molecule has 25 heavy (non-hydrogen) atoms. The predicted octanol–water partition coefficient (Wildman–Crippen LogP) is 5.26. The van der Waals surface area contributed by atoms with Crippen LogP contribution < -0.4 is 5.32 Å². The molecule has 1 heterocycles. The molecule has 0 bridgehead atoms. The number of hydrogen-bond donors (Lipinski definition) is 1. The Hall–Kier alpha value is -2.26. The highest BCUT2D eigenvalue weighted by Crippen LogP contribution is 2.51. The third-order valence-electron chi connectivity index (χ3n) is 5.32. The van der Waals surface area contributed by atoms with Crippen LogP contribution in [0, 0.1) is 12.8 Å². The zero-order chi connectivity index (χ0) is 17.6. The standard InChI is InChI=1S/C21H20ClNO2/c1-12-10-15(22)11-18-16-4-3-5-17(16)20(23-19(12)18)13-6-8-14(9-7-13)21(24)25-2/h3-4,6-11,16-17,20,23H,5H2,1-2H3/t16-,17-,20-/m0/s1. The molecular formula is C21H20ClNO2. The van der Waals surface area contributed by atoms with Crippen molar-refractivity contribution in [3.63, 3.8) is 0 Å². The fourth-order valence-electron chi connectivity index (χ4n) is 4.12. The Labute approximate surface area is 152 Å². The van der Waals surface area contributed by atoms with E-state index < -0.39 is 0 Å². The third kappa shape index (κ3) is 2.73. The topological polar surface area (TPSA) is 38.3 Å². The van der Waals surface area contributed by atoms with Gasteiger partial charge >= 0.3 is 5.97 Å². The van der Waals surface area contributed by atoms with Crippen molar-refractivity contribution in [2.24, 2.45) is 5.92 Å². The normalized spacial score (nSPS) is 23.6. The lowest BCUT2D eigenvalue weighted by atomic mass is 9.76. The molecule has 0 radical (unpaired) electrons. The lowest BCUT2D eigenvalue weighted by Gasteiger charge is -2.38. The predicted molar refractivity (Wildman–Crippen MR) is 100 cm³/mol. The minimum atomic E-state index is -0.306. The summed E-state index contributed by atoms with van der Waals surface area (Å²) in [6.45, 7) is 2.09. The highest BCUT2D eigenvalue weighted by molar-refractivity contribution is 6.30. The van der Waals surface area contributed by atoms with Crippen molar-refractivity contribution in [2.75, 3.05) is 12.4 Å². The molecule has 0 spiro atoms. The number of nitrogens with one attached hydrogen (secondary N) is 1. The second-order valence-corrected chi connectivity index (χ2v) is 7.21. The van der Waals surface area contributed by atoms with Gasteiger partial charge in [-0.15, -0.1) is 0 Å². The van der Waals surface area contributed by atoms with Gasteiger partial charge < -0.3 is 10.1 Å². The number of carbonyl (C=O) groups is 1. The minimum absolute atomic E-state index is 0.207. The van der Waals surface area contributed by atoms with Crippen LogP contribution >= 0.6 is 11.6 Å². The van der Waals surface area contributed by atoms with Gasteiger partial charge in [-0.25, -0.2) is 4.79 Å². The number of esters is 1. The molecular weight excluding hydrogens is 334 g/mol. The Balaban J connectivity index is 1.73. The van der Waals surface area contributed by atoms with Crippen LogP contribution in [-0.2, 0) is 4.74 Å². The molecule has 0 unspecified atom stereocenters. The molecule has 4 heteroatoms. The number of fused-ring (bicyclic) bond motifs is 3. The summed E-state index contributed by atoms with van der Waals surface area (Å²) in [5.41, 5.74) is 5.39. The van der Waals surface area contributed by atoms with Gasteiger partial charge in [-0.3, -0.25) is 0 Å². The minimum Gasteiger partial charge on any atom is -0.465 e. The second kappa shape index (κ2) is 6.23. The van der Waals surface area contributed by atoms with Crippen molar-refractivity contribution in [3.05, 3.63) is 75.8 Å². The molecule has 4 rings (SSSR count). The van der Waals surface area contributed by atoms with Crippen molar-refractivity contribution in [1.82, 2.24) is 0 Å². The van der Waals surface area contributed by atoms with Gasteiger partial charge in [0.05, 0.1) is 18.7 Å². The van der Waals surface area contributed by atoms with E-state index in [1.807, 2.05) is 30.3 Å². The van der Waals surface area contributed by atoms with Crippen molar-refractivity contribution < 1.29 is 9.53 Å². The Morgan fingerprint density at radius 1 is 1.24 bits per heavy atom. The van der Waals surface area contributed by atoms with Gasteiger partial charge in [0.15, 0.2) is 0 Å². The van der Waals surface area contributed by atoms with E-state index in [0.29, 0.717) is 17.4 Å². The summed E-state index contributed by atoms with van der Waals surface area (Å²) in [6.07, 6.45) is 5.60. The van der Waals surface area contributed by atoms with E-state index in [1.165, 1.54) is 23.9 Å². The molecule has 2 aromatic rings. The van der Waals surface area contributed by atoms with E-state index in [4.69, 9.17) is 16.3 Å². The summed E-state index contributed by atoms with van der Waals surface area (Å²) in [6, 6.07) is 12.0. The zero-order valence-electron chi connectivity index (χ0n) is 14.3. The van der Waals surface area contributed by atoms with Crippen molar-refractivity contribution in [1.29, 1.82) is 0 Å². The number of carbonyl (C=O) groups excluding carboxylic acids is 1. The summed E-state index contributed by atoms with van der Waals surface area (Å²) in [5, 5.41) is 4.52. The molecule has 0 saturated heterocycles. The van der Waals surface area contributed by atoms with E-state index >= 15 is 0 Å². The Morgan fingerprint density at radius 3 is 2.72 bits per heavy atom. The van der Waals surface area contributed by atoms with E-state index in [1.54, 1.807) is 0 Å². The van der Waals surface area contributed by atoms with E-state index in [2.05, 4.69) is 30.5 Å². The van der Waals surface area contributed by atoms with Crippen LogP contribution in [0.15, 0.2) is 48.6 Å². The smallest absolute Gasteiger partial charge is 0.337 e. The van der Waals surface area contributed by atoms with E-state index in [-0.39, 0.29) is 12.0 Å². The van der Waals surface area contributed by atoms with Crippen LogP contribution in [0.3, 0.4) is 0 Å². The number of aryl methyl sites for hydroxylation is 1. The van der Waals surface area contributed by atoms with Crippen molar-refractivity contribution in [2.45, 2.75) is 25.3 Å². The second-order valence-electron chi connectivity index (χ2n) is 6.78. The lowest BCUT2D eigenvalue weighted by Crippen LogP contribution is -2.29. The van der Waals surface area contributed by atoms with Crippen LogP contribution in [0.5, 0.6) is 0 Å². The number of ether oxygens (including phenoxy) is 1. The van der Waals surface area contributed by atoms with Crippen LogP contribution in [0.2, 0.25) is 5.02 Å². The highest BCUT2D eigenvalue weighted by atomic mass is 35.5. The summed E-state index contributed by atoms with van der Waals surface area (Å²) in [5.74, 6) is 0.521. The summed E-state index contributed by atoms with van der Waals surface area (Å²) < 4.78 is 4.79. The van der Waals surface area contributed by atoms with Gasteiger partial charge in [0, 0.05) is 16.6 Å². The van der Waals surface area contributed by atoms with Crippen LogP contribution in [0.1, 0.15) is 45.4 Å². The molecule has 3 atom stereocenters. The number of rotatable bonds is 2. The number of allylic oxidation sites excluding steroid dienone is 2. The Morgan fingerprint density at radius 2 is 2.00 bits per heavy atom. The number of halogens is 1. The van der Waals surface area contributed by atoms with Gasteiger partial charge in [-0.1, -0.05) is 35.9 Å². The molecule has 1 aliphatic heterocycles. The summed E-state index contributed by atoms with van der Waals surface area (Å²) >= 11 is 6.29. The van der Waals surface area contributed by atoms with Crippen molar-refractivity contribution in [3.8, 4) is 0 Å². The molecule has 0 aromatic heterocycles. The van der Waals surface area contributed by atoms with Crippen LogP contribution in [0.4, 0.5) is 5.69 Å². The van der Waals surface area contributed by atoms with E-state index in [9.17, 15) is 4.79 Å². The number of benzene rings is 2. The quantitative estimate of drug-likeness (QED) is 0.591. The van der Waals surface area contributed by atoms with Crippen LogP contribution in [-0.4, -0.2) is 13.1 Å². The maximum atomic E-state index is 11.7. The third-order valence-corrected chi connectivity index (χ3v) is 5.54. The number of methoxy groups -OCH3 is 1. The molecule has 0 fully saturated rings. The maximum absolute atomic E-state index is 11.7. The highest BCUT2D eigenvalue weighted by Gasteiger charge is 2.38.